The molecule has 66 valence electrons. The molecule has 0 radical (unpaired) electrons. The number of anilines is 1. The average molecular weight is 176 g/mol. The Kier molecular flexibility index (Phi) is 1.83. The molecule has 4 heteroatoms. The molecule has 1 aliphatic heterocycles. The van der Waals surface area contributed by atoms with Crippen LogP contribution in [-0.4, -0.2) is 23.6 Å². The number of aliphatic hydroxyl groups is 1. The fourth-order valence-corrected chi connectivity index (χ4v) is 1.22. The maximum atomic E-state index is 11.2. The first kappa shape index (κ1) is 7.94. The number of rotatable bonds is 1. The Bertz CT molecular complexity index is 348. The summed E-state index contributed by atoms with van der Waals surface area (Å²) in [5.41, 5.74) is 0.650. The van der Waals surface area contributed by atoms with Crippen LogP contribution < -0.4 is 4.90 Å². The summed E-state index contributed by atoms with van der Waals surface area (Å²) in [5, 5.41) is 9.37. The average Bonchev–Trinajstić information content (AvgIpc) is 2.48. The molecule has 1 unspecified atom stereocenters. The van der Waals surface area contributed by atoms with Crippen molar-refractivity contribution in [1.29, 1.82) is 0 Å². The third-order valence-corrected chi connectivity index (χ3v) is 1.82. The number of hydrogen-bond acceptors (Lipinski definition) is 2. The molecule has 2 amide bonds. The maximum Gasteiger partial charge on any atom is 0.350 e. The van der Waals surface area contributed by atoms with Gasteiger partial charge >= 0.3 is 6.03 Å². The van der Waals surface area contributed by atoms with E-state index in [0.717, 1.165) is 0 Å². The zero-order chi connectivity index (χ0) is 9.26. The third kappa shape index (κ3) is 1.31. The van der Waals surface area contributed by atoms with E-state index in [2.05, 4.69) is 4.99 Å². The number of carbonyl (C=O) groups is 1. The van der Waals surface area contributed by atoms with Crippen LogP contribution in [0.4, 0.5) is 10.5 Å². The molecule has 1 aromatic rings. The van der Waals surface area contributed by atoms with Crippen LogP contribution in [0.15, 0.2) is 35.3 Å². The lowest BCUT2D eigenvalue weighted by atomic mass is 10.3. The Morgan fingerprint density at radius 2 is 2.00 bits per heavy atom. The van der Waals surface area contributed by atoms with Gasteiger partial charge in [0.1, 0.15) is 0 Å². The molecule has 1 aromatic carbocycles. The van der Waals surface area contributed by atoms with Crippen molar-refractivity contribution < 1.29 is 9.90 Å². The quantitative estimate of drug-likeness (QED) is 0.694. The lowest BCUT2D eigenvalue weighted by Crippen LogP contribution is -2.33. The molecular formula is C9H8N2O2. The van der Waals surface area contributed by atoms with Crippen LogP contribution in [0.3, 0.4) is 0 Å². The second kappa shape index (κ2) is 2.99. The van der Waals surface area contributed by atoms with E-state index >= 15 is 0 Å². The maximum absolute atomic E-state index is 11.2. The van der Waals surface area contributed by atoms with Crippen LogP contribution in [0, 0.1) is 0 Å². The summed E-state index contributed by atoms with van der Waals surface area (Å²) in [4.78, 5) is 15.9. The Labute approximate surface area is 75.1 Å². The monoisotopic (exact) mass is 176 g/mol. The second-order valence-corrected chi connectivity index (χ2v) is 2.68. The third-order valence-electron chi connectivity index (χ3n) is 1.82. The molecular weight excluding hydrogens is 168 g/mol. The van der Waals surface area contributed by atoms with E-state index in [-0.39, 0.29) is 0 Å². The number of hydrogen-bond donors (Lipinski definition) is 1. The van der Waals surface area contributed by atoms with Crippen molar-refractivity contribution in [2.75, 3.05) is 4.90 Å². The highest BCUT2D eigenvalue weighted by Gasteiger charge is 2.26. The minimum atomic E-state index is -0.935. The van der Waals surface area contributed by atoms with E-state index in [0.29, 0.717) is 5.69 Å². The largest absolute Gasteiger partial charge is 0.368 e. The highest BCUT2D eigenvalue weighted by atomic mass is 16.3. The van der Waals surface area contributed by atoms with Crippen LogP contribution in [0.2, 0.25) is 0 Å². The van der Waals surface area contributed by atoms with Crippen molar-refractivity contribution in [2.45, 2.75) is 6.23 Å². The summed E-state index contributed by atoms with van der Waals surface area (Å²) in [7, 11) is 0. The summed E-state index contributed by atoms with van der Waals surface area (Å²) in [6, 6.07) is 8.50. The van der Waals surface area contributed by atoms with Crippen LogP contribution in [0.1, 0.15) is 0 Å². The van der Waals surface area contributed by atoms with Crippen molar-refractivity contribution in [3.8, 4) is 0 Å². The Morgan fingerprint density at radius 3 is 2.54 bits per heavy atom. The fraction of sp³-hybridized carbons (Fsp3) is 0.111. The molecule has 1 heterocycles. The molecule has 1 aliphatic rings. The summed E-state index contributed by atoms with van der Waals surface area (Å²) >= 11 is 0. The van der Waals surface area contributed by atoms with Crippen molar-refractivity contribution in [3.05, 3.63) is 30.3 Å². The topological polar surface area (TPSA) is 52.9 Å². The predicted molar refractivity (Wildman–Crippen MR) is 48.8 cm³/mol. The zero-order valence-electron chi connectivity index (χ0n) is 6.79. The number of benzene rings is 1. The summed E-state index contributed by atoms with van der Waals surface area (Å²) in [6.45, 7) is 0. The van der Waals surface area contributed by atoms with Gasteiger partial charge in [0.15, 0.2) is 6.23 Å². The van der Waals surface area contributed by atoms with E-state index in [1.807, 2.05) is 6.07 Å². The van der Waals surface area contributed by atoms with Crippen molar-refractivity contribution >= 4 is 17.9 Å². The number of urea groups is 1. The summed E-state index contributed by atoms with van der Waals surface area (Å²) < 4.78 is 0. The van der Waals surface area contributed by atoms with Gasteiger partial charge in [0, 0.05) is 5.69 Å². The minimum Gasteiger partial charge on any atom is -0.368 e. The SMILES string of the molecule is O=C1N=CC(O)N1c1ccccc1. The highest BCUT2D eigenvalue weighted by Crippen LogP contribution is 2.18. The van der Waals surface area contributed by atoms with Gasteiger partial charge in [0.2, 0.25) is 0 Å². The first-order valence-electron chi connectivity index (χ1n) is 3.89. The van der Waals surface area contributed by atoms with Gasteiger partial charge in [-0.3, -0.25) is 4.90 Å². The summed E-state index contributed by atoms with van der Waals surface area (Å²) in [6.07, 6.45) is 0.282. The molecule has 0 aliphatic carbocycles. The van der Waals surface area contributed by atoms with Gasteiger partial charge in [-0.25, -0.2) is 9.79 Å². The van der Waals surface area contributed by atoms with E-state index < -0.39 is 12.3 Å². The fourth-order valence-electron chi connectivity index (χ4n) is 1.22. The minimum absolute atomic E-state index is 0.432. The lowest BCUT2D eigenvalue weighted by Gasteiger charge is -2.17. The van der Waals surface area contributed by atoms with Crippen molar-refractivity contribution in [1.82, 2.24) is 0 Å². The Morgan fingerprint density at radius 1 is 1.31 bits per heavy atom. The summed E-state index contributed by atoms with van der Waals surface area (Å²) in [5.74, 6) is 0. The number of aliphatic hydroxyl groups excluding tert-OH is 1. The number of carbonyl (C=O) groups excluding carboxylic acids is 1. The van der Waals surface area contributed by atoms with Crippen LogP contribution in [-0.2, 0) is 0 Å². The van der Waals surface area contributed by atoms with Gasteiger partial charge in [-0.15, -0.1) is 0 Å². The van der Waals surface area contributed by atoms with Gasteiger partial charge in [-0.2, -0.15) is 0 Å². The number of para-hydroxylation sites is 1. The molecule has 0 aromatic heterocycles. The molecule has 1 N–H and O–H groups in total. The van der Waals surface area contributed by atoms with Gasteiger partial charge in [-0.1, -0.05) is 18.2 Å². The van der Waals surface area contributed by atoms with E-state index in [1.165, 1.54) is 11.1 Å². The predicted octanol–water partition coefficient (Wildman–Crippen LogP) is 1.02. The first-order valence-corrected chi connectivity index (χ1v) is 3.89. The first-order chi connectivity index (χ1) is 6.29. The number of amides is 2. The molecule has 1 atom stereocenters. The molecule has 0 saturated heterocycles. The van der Waals surface area contributed by atoms with E-state index in [1.54, 1.807) is 24.3 Å². The number of aliphatic imine (C=N–C) groups is 1. The molecule has 0 spiro atoms. The van der Waals surface area contributed by atoms with Gasteiger partial charge in [-0.05, 0) is 12.1 Å². The van der Waals surface area contributed by atoms with Crippen LogP contribution in [0.5, 0.6) is 0 Å². The standard InChI is InChI=1S/C9H8N2O2/c12-8-6-10-9(13)11(8)7-4-2-1-3-5-7/h1-6,8,12H. The normalized spacial score (nSPS) is 21.2. The smallest absolute Gasteiger partial charge is 0.350 e. The Balaban J connectivity index is 2.33. The van der Waals surface area contributed by atoms with Gasteiger partial charge in [0.25, 0.3) is 0 Å². The van der Waals surface area contributed by atoms with E-state index in [9.17, 15) is 9.90 Å². The second-order valence-electron chi connectivity index (χ2n) is 2.68. The van der Waals surface area contributed by atoms with Gasteiger partial charge in [0.05, 0.1) is 6.21 Å². The molecule has 0 bridgehead atoms. The molecule has 2 rings (SSSR count). The van der Waals surface area contributed by atoms with Gasteiger partial charge < -0.3 is 5.11 Å². The molecule has 13 heavy (non-hydrogen) atoms. The van der Waals surface area contributed by atoms with Crippen LogP contribution >= 0.6 is 0 Å². The van der Waals surface area contributed by atoms with E-state index in [4.69, 9.17) is 0 Å². The molecule has 0 saturated carbocycles. The molecule has 4 nitrogen and oxygen atoms in total. The van der Waals surface area contributed by atoms with Crippen molar-refractivity contribution in [2.24, 2.45) is 4.99 Å². The number of nitrogens with zero attached hydrogens (tertiary/aromatic N) is 2. The zero-order valence-corrected chi connectivity index (χ0v) is 6.79. The van der Waals surface area contributed by atoms with Crippen molar-refractivity contribution in [3.63, 3.8) is 0 Å². The highest BCUT2D eigenvalue weighted by molar-refractivity contribution is 6.05. The molecule has 0 fully saturated rings. The van der Waals surface area contributed by atoms with Crippen LogP contribution in [0.25, 0.3) is 0 Å². The Hall–Kier alpha value is -1.68. The lowest BCUT2D eigenvalue weighted by molar-refractivity contribution is 0.228.